The lowest BCUT2D eigenvalue weighted by atomic mass is 10.00. The zero-order valence-electron chi connectivity index (χ0n) is 22.3. The minimum absolute atomic E-state index is 0.0424. The molecule has 0 radical (unpaired) electrons. The first-order chi connectivity index (χ1) is 19.6. The van der Waals surface area contributed by atoms with Crippen LogP contribution in [0.1, 0.15) is 34.0 Å². The molecule has 2 atom stereocenters. The van der Waals surface area contributed by atoms with E-state index in [1.165, 1.54) is 35.9 Å². The van der Waals surface area contributed by atoms with Crippen molar-refractivity contribution in [2.24, 2.45) is 0 Å². The number of amides is 1. The van der Waals surface area contributed by atoms with Crippen molar-refractivity contribution in [2.75, 3.05) is 11.3 Å². The van der Waals surface area contributed by atoms with Gasteiger partial charge in [-0.1, -0.05) is 43.3 Å². The lowest BCUT2D eigenvalue weighted by molar-refractivity contribution is 0.0830. The summed E-state index contributed by atoms with van der Waals surface area (Å²) in [6.45, 7) is 2.64. The van der Waals surface area contributed by atoms with Gasteiger partial charge in [-0.3, -0.25) is 9.52 Å². The quantitative estimate of drug-likeness (QED) is 0.175. The summed E-state index contributed by atoms with van der Waals surface area (Å²) in [6, 6.07) is 19.2. The Balaban J connectivity index is 1.48. The van der Waals surface area contributed by atoms with Crippen LogP contribution in [0.4, 0.5) is 14.5 Å². The van der Waals surface area contributed by atoms with Crippen LogP contribution in [0, 0.1) is 11.6 Å². The lowest BCUT2D eigenvalue weighted by Gasteiger charge is -2.25. The minimum atomic E-state index is -3.82. The molecular formula is C30H31F2N3O4S2. The molecule has 4 N–H and O–H groups in total. The molecule has 0 unspecified atom stereocenters. The van der Waals surface area contributed by atoms with Crippen LogP contribution in [0.25, 0.3) is 0 Å². The van der Waals surface area contributed by atoms with Crippen molar-refractivity contribution >= 4 is 33.0 Å². The van der Waals surface area contributed by atoms with Gasteiger partial charge in [0.05, 0.1) is 12.1 Å². The predicted octanol–water partition coefficient (Wildman–Crippen LogP) is 4.88. The van der Waals surface area contributed by atoms with E-state index >= 15 is 0 Å². The average molecular weight is 600 g/mol. The Kier molecular flexibility index (Phi) is 10.2. The maximum atomic E-state index is 13.9. The van der Waals surface area contributed by atoms with Crippen molar-refractivity contribution in [3.63, 3.8) is 0 Å². The number of aliphatic hydroxyl groups is 1. The molecule has 1 aromatic heterocycles. The van der Waals surface area contributed by atoms with Crippen molar-refractivity contribution in [2.45, 2.75) is 42.7 Å². The second-order valence-electron chi connectivity index (χ2n) is 9.55. The molecule has 0 saturated heterocycles. The van der Waals surface area contributed by atoms with Gasteiger partial charge < -0.3 is 15.7 Å². The van der Waals surface area contributed by atoms with Crippen LogP contribution in [0.15, 0.2) is 88.5 Å². The molecule has 4 aromatic rings. The van der Waals surface area contributed by atoms with Crippen LogP contribution in [0.3, 0.4) is 0 Å². The molecule has 11 heteroatoms. The Morgan fingerprint density at radius 3 is 2.37 bits per heavy atom. The molecule has 0 aliphatic rings. The van der Waals surface area contributed by atoms with E-state index in [2.05, 4.69) is 28.3 Å². The summed E-state index contributed by atoms with van der Waals surface area (Å²) in [5.41, 5.74) is 2.81. The Morgan fingerprint density at radius 1 is 0.927 bits per heavy atom. The van der Waals surface area contributed by atoms with Gasteiger partial charge in [-0.05, 0) is 71.3 Å². The van der Waals surface area contributed by atoms with Crippen LogP contribution in [0.5, 0.6) is 0 Å². The Morgan fingerprint density at radius 2 is 1.66 bits per heavy atom. The highest BCUT2D eigenvalue weighted by molar-refractivity contribution is 7.94. The van der Waals surface area contributed by atoms with Crippen LogP contribution >= 0.6 is 11.3 Å². The predicted molar refractivity (Wildman–Crippen MR) is 156 cm³/mol. The van der Waals surface area contributed by atoms with Crippen molar-refractivity contribution in [1.82, 2.24) is 10.6 Å². The zero-order valence-corrected chi connectivity index (χ0v) is 23.9. The van der Waals surface area contributed by atoms with E-state index in [1.54, 1.807) is 11.4 Å². The average Bonchev–Trinajstić information content (AvgIpc) is 3.49. The van der Waals surface area contributed by atoms with Gasteiger partial charge in [0.25, 0.3) is 15.9 Å². The molecule has 0 aliphatic heterocycles. The Hall–Kier alpha value is -3.64. The summed E-state index contributed by atoms with van der Waals surface area (Å²) < 4.78 is 55.6. The summed E-state index contributed by atoms with van der Waals surface area (Å²) in [6.07, 6.45) is -0.259. The van der Waals surface area contributed by atoms with E-state index in [-0.39, 0.29) is 34.0 Å². The second kappa shape index (κ2) is 13.8. The third-order valence-electron chi connectivity index (χ3n) is 6.38. The van der Waals surface area contributed by atoms with Gasteiger partial charge in [-0.2, -0.15) is 0 Å². The van der Waals surface area contributed by atoms with Crippen molar-refractivity contribution < 1.29 is 27.1 Å². The van der Waals surface area contributed by atoms with E-state index in [0.717, 1.165) is 41.5 Å². The maximum absolute atomic E-state index is 13.9. The number of aliphatic hydroxyl groups excluding tert-OH is 1. The fraction of sp³-hybridized carbons (Fsp3) is 0.233. The third kappa shape index (κ3) is 8.67. The molecule has 0 spiro atoms. The van der Waals surface area contributed by atoms with Gasteiger partial charge in [0.15, 0.2) is 0 Å². The molecule has 1 heterocycles. The van der Waals surface area contributed by atoms with E-state index in [0.29, 0.717) is 6.54 Å². The van der Waals surface area contributed by atoms with Gasteiger partial charge in [-0.15, -0.1) is 11.3 Å². The number of hydrogen-bond donors (Lipinski definition) is 4. The SMILES string of the molecule is CCc1cccc(CNC[C@@H](O)[C@H](Cc2cc(F)cc(F)c2)NC(=O)c2cccc(NS(=O)(=O)c3cccs3)c2)c1. The molecule has 0 aliphatic carbocycles. The number of anilines is 1. The summed E-state index contributed by atoms with van der Waals surface area (Å²) >= 11 is 1.06. The molecule has 0 bridgehead atoms. The number of benzene rings is 3. The first kappa shape index (κ1) is 30.3. The smallest absolute Gasteiger partial charge is 0.271 e. The molecule has 216 valence electrons. The first-order valence-electron chi connectivity index (χ1n) is 13.0. The standard InChI is InChI=1S/C30H31F2N3O4S2/c1-2-20-6-3-7-21(12-20)18-33-19-28(36)27(15-22-13-24(31)17-25(32)14-22)34-30(37)23-8-4-9-26(16-23)35-41(38,39)29-10-5-11-40-29/h3-14,16-17,27-28,33,35-36H,2,15,18-19H2,1H3,(H,34,37)/t27-,28+/m0/s1. The summed E-state index contributed by atoms with van der Waals surface area (Å²) in [7, 11) is -3.82. The summed E-state index contributed by atoms with van der Waals surface area (Å²) in [4.78, 5) is 13.2. The van der Waals surface area contributed by atoms with Crippen molar-refractivity contribution in [3.05, 3.63) is 118 Å². The van der Waals surface area contributed by atoms with Crippen molar-refractivity contribution in [1.29, 1.82) is 0 Å². The van der Waals surface area contributed by atoms with E-state index in [1.807, 2.05) is 18.2 Å². The van der Waals surface area contributed by atoms with E-state index < -0.39 is 39.7 Å². The van der Waals surface area contributed by atoms with Crippen LogP contribution in [-0.4, -0.2) is 38.1 Å². The summed E-state index contributed by atoms with van der Waals surface area (Å²) in [5.74, 6) is -2.11. The van der Waals surface area contributed by atoms with Gasteiger partial charge in [0, 0.05) is 30.4 Å². The molecule has 1 amide bonds. The number of carbonyl (C=O) groups excluding carboxylic acids is 1. The monoisotopic (exact) mass is 599 g/mol. The molecular weight excluding hydrogens is 568 g/mol. The highest BCUT2D eigenvalue weighted by Crippen LogP contribution is 2.21. The van der Waals surface area contributed by atoms with Gasteiger partial charge in [0.2, 0.25) is 0 Å². The topological polar surface area (TPSA) is 108 Å². The number of rotatable bonds is 13. The molecule has 7 nitrogen and oxygen atoms in total. The third-order valence-corrected chi connectivity index (χ3v) is 9.16. The number of sulfonamides is 1. The van der Waals surface area contributed by atoms with Crippen LogP contribution < -0.4 is 15.4 Å². The molecule has 41 heavy (non-hydrogen) atoms. The fourth-order valence-electron chi connectivity index (χ4n) is 4.33. The Bertz CT molecular complexity index is 1560. The van der Waals surface area contributed by atoms with Crippen molar-refractivity contribution in [3.8, 4) is 0 Å². The maximum Gasteiger partial charge on any atom is 0.271 e. The number of nitrogens with one attached hydrogen (secondary N) is 3. The molecule has 3 aromatic carbocycles. The number of aryl methyl sites for hydroxylation is 1. The zero-order chi connectivity index (χ0) is 29.4. The largest absolute Gasteiger partial charge is 0.390 e. The molecule has 4 rings (SSSR count). The normalized spacial score (nSPS) is 13.0. The first-order valence-corrected chi connectivity index (χ1v) is 15.4. The number of hydrogen-bond acceptors (Lipinski definition) is 6. The lowest BCUT2D eigenvalue weighted by Crippen LogP contribution is -2.48. The van der Waals surface area contributed by atoms with Crippen LogP contribution in [0.2, 0.25) is 0 Å². The van der Waals surface area contributed by atoms with E-state index in [4.69, 9.17) is 0 Å². The van der Waals surface area contributed by atoms with Crippen LogP contribution in [-0.2, 0) is 29.4 Å². The van der Waals surface area contributed by atoms with E-state index in [9.17, 15) is 27.1 Å². The minimum Gasteiger partial charge on any atom is -0.390 e. The highest BCUT2D eigenvalue weighted by atomic mass is 32.2. The molecule has 0 fully saturated rings. The highest BCUT2D eigenvalue weighted by Gasteiger charge is 2.24. The number of carbonyl (C=O) groups is 1. The van der Waals surface area contributed by atoms with Gasteiger partial charge in [0.1, 0.15) is 15.8 Å². The fourth-order valence-corrected chi connectivity index (χ4v) is 6.37. The summed E-state index contributed by atoms with van der Waals surface area (Å²) in [5, 5.41) is 18.6. The Labute approximate surface area is 242 Å². The van der Waals surface area contributed by atoms with Gasteiger partial charge >= 0.3 is 0 Å². The molecule has 0 saturated carbocycles. The van der Waals surface area contributed by atoms with Gasteiger partial charge in [-0.25, -0.2) is 17.2 Å². The second-order valence-corrected chi connectivity index (χ2v) is 12.4. The number of halogens is 2. The number of thiophene rings is 1.